The quantitative estimate of drug-likeness (QED) is 0.634. The maximum Gasteiger partial charge on any atom is 0.296 e. The Balaban J connectivity index is 3.60. The van der Waals surface area contributed by atoms with Crippen LogP contribution < -0.4 is 4.72 Å². The Morgan fingerprint density at radius 1 is 1.00 bits per heavy atom. The minimum absolute atomic E-state index is 0.408. The summed E-state index contributed by atoms with van der Waals surface area (Å²) in [6, 6.07) is 1.92. The Bertz CT molecular complexity index is 851. The van der Waals surface area contributed by atoms with Crippen LogP contribution in [0.25, 0.3) is 0 Å². The fourth-order valence-electron chi connectivity index (χ4n) is 1.16. The lowest BCUT2D eigenvalue weighted by molar-refractivity contribution is 0.481. The van der Waals surface area contributed by atoms with Crippen LogP contribution >= 0.6 is 0 Å². The molecule has 0 unspecified atom stereocenters. The van der Waals surface area contributed by atoms with Gasteiger partial charge >= 0.3 is 0 Å². The van der Waals surface area contributed by atoms with Crippen LogP contribution in [0.5, 0.6) is 0 Å². The first-order valence-electron chi connectivity index (χ1n) is 4.61. The van der Waals surface area contributed by atoms with Gasteiger partial charge in [0.1, 0.15) is 4.90 Å². The van der Waals surface area contributed by atoms with Crippen molar-refractivity contribution >= 4 is 35.9 Å². The first-order valence-corrected chi connectivity index (χ1v) is 9.04. The Labute approximate surface area is 115 Å². The third-order valence-corrected chi connectivity index (χ3v) is 4.69. The lowest BCUT2D eigenvalue weighted by Gasteiger charge is -2.09. The summed E-state index contributed by atoms with van der Waals surface area (Å²) >= 11 is 0. The molecule has 112 valence electrons. The van der Waals surface area contributed by atoms with Crippen molar-refractivity contribution in [2.24, 2.45) is 0 Å². The molecule has 0 spiro atoms. The SMILES string of the molecule is C=CS(=O)(=O)Nc1ccc(S(=O)(=O)O)cc1S(=O)(=O)O. The van der Waals surface area contributed by atoms with Crippen LogP contribution in [0.1, 0.15) is 0 Å². The number of hydrogen-bond acceptors (Lipinski definition) is 6. The molecule has 0 radical (unpaired) electrons. The van der Waals surface area contributed by atoms with Gasteiger partial charge in [0.05, 0.1) is 10.6 Å². The molecule has 0 atom stereocenters. The predicted octanol–water partition coefficient (Wildman–Crippen LogP) is 0.0652. The smallest absolute Gasteiger partial charge is 0.282 e. The van der Waals surface area contributed by atoms with E-state index >= 15 is 0 Å². The average Bonchev–Trinajstić information content (AvgIpc) is 2.26. The summed E-state index contributed by atoms with van der Waals surface area (Å²) in [7, 11) is -13.7. The van der Waals surface area contributed by atoms with Crippen molar-refractivity contribution in [3.63, 3.8) is 0 Å². The summed E-state index contributed by atoms with van der Waals surface area (Å²) in [6.45, 7) is 2.98. The van der Waals surface area contributed by atoms with E-state index in [9.17, 15) is 25.3 Å². The second-order valence-electron chi connectivity index (χ2n) is 3.42. The summed E-state index contributed by atoms with van der Waals surface area (Å²) in [5.74, 6) is 0. The van der Waals surface area contributed by atoms with Crippen LogP contribution in [0.2, 0.25) is 0 Å². The van der Waals surface area contributed by atoms with Crippen LogP contribution in [0.15, 0.2) is 40.0 Å². The third-order valence-electron chi connectivity index (χ3n) is 2.00. The molecule has 0 fully saturated rings. The first-order chi connectivity index (χ1) is 8.87. The van der Waals surface area contributed by atoms with Gasteiger partial charge in [0, 0.05) is 5.41 Å². The van der Waals surface area contributed by atoms with E-state index in [0.29, 0.717) is 11.5 Å². The molecule has 9 nitrogen and oxygen atoms in total. The molecule has 20 heavy (non-hydrogen) atoms. The highest BCUT2D eigenvalue weighted by Gasteiger charge is 2.22. The molecule has 0 heterocycles. The zero-order valence-corrected chi connectivity index (χ0v) is 12.0. The van der Waals surface area contributed by atoms with Crippen molar-refractivity contribution in [2.45, 2.75) is 9.79 Å². The number of rotatable bonds is 5. The van der Waals surface area contributed by atoms with Crippen molar-refractivity contribution < 1.29 is 34.4 Å². The van der Waals surface area contributed by atoms with E-state index in [-0.39, 0.29) is 0 Å². The maximum absolute atomic E-state index is 11.3. The molecule has 0 aliphatic rings. The molecule has 0 saturated heterocycles. The van der Waals surface area contributed by atoms with Crippen LogP contribution in [0.3, 0.4) is 0 Å². The molecule has 0 amide bonds. The number of sulfonamides is 1. The van der Waals surface area contributed by atoms with Crippen molar-refractivity contribution in [1.29, 1.82) is 0 Å². The maximum atomic E-state index is 11.3. The molecule has 12 heteroatoms. The van der Waals surface area contributed by atoms with Crippen molar-refractivity contribution in [1.82, 2.24) is 0 Å². The highest BCUT2D eigenvalue weighted by molar-refractivity contribution is 7.95. The summed E-state index contributed by atoms with van der Waals surface area (Å²) in [6.07, 6.45) is 0. The fraction of sp³-hybridized carbons (Fsp3) is 0. The minimum Gasteiger partial charge on any atom is -0.282 e. The van der Waals surface area contributed by atoms with Crippen LogP contribution in [0.4, 0.5) is 5.69 Å². The molecule has 0 aliphatic carbocycles. The lowest BCUT2D eigenvalue weighted by atomic mass is 10.3. The zero-order chi connectivity index (χ0) is 15.8. The van der Waals surface area contributed by atoms with Gasteiger partial charge in [-0.05, 0) is 18.2 Å². The Hall–Kier alpha value is -1.47. The molecular weight excluding hydrogens is 334 g/mol. The van der Waals surface area contributed by atoms with Gasteiger partial charge in [0.15, 0.2) is 0 Å². The number of hydrogen-bond donors (Lipinski definition) is 3. The predicted molar refractivity (Wildman–Crippen MR) is 68.8 cm³/mol. The van der Waals surface area contributed by atoms with Gasteiger partial charge in [-0.1, -0.05) is 6.58 Å². The molecule has 1 rings (SSSR count). The lowest BCUT2D eigenvalue weighted by Crippen LogP contribution is -2.13. The van der Waals surface area contributed by atoms with Crippen molar-refractivity contribution in [3.05, 3.63) is 30.2 Å². The number of benzene rings is 1. The van der Waals surface area contributed by atoms with Crippen molar-refractivity contribution in [3.8, 4) is 0 Å². The Kier molecular flexibility index (Phi) is 4.26. The van der Waals surface area contributed by atoms with E-state index in [1.807, 2.05) is 0 Å². The summed E-state index contributed by atoms with van der Waals surface area (Å²) in [4.78, 5) is -1.86. The molecule has 0 bridgehead atoms. The minimum atomic E-state index is -4.93. The van der Waals surface area contributed by atoms with Gasteiger partial charge in [-0.25, -0.2) is 8.42 Å². The summed E-state index contributed by atoms with van der Waals surface area (Å²) in [5.41, 5.74) is -0.597. The highest BCUT2D eigenvalue weighted by Crippen LogP contribution is 2.25. The third kappa shape index (κ3) is 4.01. The van der Waals surface area contributed by atoms with E-state index in [1.54, 1.807) is 4.72 Å². The van der Waals surface area contributed by atoms with Gasteiger partial charge < -0.3 is 0 Å². The fourth-order valence-corrected chi connectivity index (χ4v) is 3.04. The van der Waals surface area contributed by atoms with Gasteiger partial charge in [-0.3, -0.25) is 13.8 Å². The molecular formula is C8H9NO8S3. The summed E-state index contributed by atoms with van der Waals surface area (Å²) in [5, 5.41) is 0.484. The van der Waals surface area contributed by atoms with Gasteiger partial charge in [-0.15, -0.1) is 0 Å². The van der Waals surface area contributed by atoms with E-state index in [1.165, 1.54) is 0 Å². The second-order valence-corrected chi connectivity index (χ2v) is 7.86. The Morgan fingerprint density at radius 2 is 1.55 bits per heavy atom. The molecule has 1 aromatic rings. The molecule has 1 aromatic carbocycles. The van der Waals surface area contributed by atoms with Crippen LogP contribution in [0, 0.1) is 0 Å². The monoisotopic (exact) mass is 343 g/mol. The standard InChI is InChI=1S/C8H9NO8S3/c1-2-18(10,11)9-7-4-3-6(19(12,13)14)5-8(7)20(15,16)17/h2-5,9H,1H2,(H,12,13,14)(H,15,16,17). The van der Waals surface area contributed by atoms with Crippen LogP contribution in [-0.2, 0) is 30.3 Å². The van der Waals surface area contributed by atoms with E-state index in [2.05, 4.69) is 6.58 Å². The highest BCUT2D eigenvalue weighted by atomic mass is 32.2. The van der Waals surface area contributed by atoms with E-state index in [0.717, 1.165) is 12.1 Å². The Morgan fingerprint density at radius 3 is 1.95 bits per heavy atom. The molecule has 0 aromatic heterocycles. The average molecular weight is 343 g/mol. The first kappa shape index (κ1) is 16.6. The second kappa shape index (κ2) is 5.14. The van der Waals surface area contributed by atoms with Crippen molar-refractivity contribution in [2.75, 3.05) is 4.72 Å². The van der Waals surface area contributed by atoms with E-state index < -0.39 is 45.7 Å². The molecule has 3 N–H and O–H groups in total. The molecule has 0 aliphatic heterocycles. The zero-order valence-electron chi connectivity index (χ0n) is 9.59. The normalized spacial score (nSPS) is 12.9. The largest absolute Gasteiger partial charge is 0.296 e. The molecule has 0 saturated carbocycles. The van der Waals surface area contributed by atoms with Gasteiger partial charge in [-0.2, -0.15) is 16.8 Å². The van der Waals surface area contributed by atoms with Crippen LogP contribution in [-0.4, -0.2) is 34.4 Å². The number of nitrogens with one attached hydrogen (secondary N) is 1. The topological polar surface area (TPSA) is 155 Å². The summed E-state index contributed by atoms with van der Waals surface area (Å²) < 4.78 is 86.1. The number of anilines is 1. The van der Waals surface area contributed by atoms with E-state index in [4.69, 9.17) is 9.11 Å². The van der Waals surface area contributed by atoms with Gasteiger partial charge in [0.2, 0.25) is 0 Å². The van der Waals surface area contributed by atoms with Gasteiger partial charge in [0.25, 0.3) is 30.3 Å².